The third-order valence-corrected chi connectivity index (χ3v) is 5.95. The van der Waals surface area contributed by atoms with Crippen LogP contribution in [0, 0.1) is 5.92 Å². The molecule has 1 fully saturated rings. The number of likely N-dealkylation sites (tertiary alicyclic amines) is 1. The third-order valence-electron chi connectivity index (χ3n) is 5.95. The van der Waals surface area contributed by atoms with E-state index in [0.29, 0.717) is 17.1 Å². The van der Waals surface area contributed by atoms with Crippen LogP contribution in [0.1, 0.15) is 24.8 Å². The number of aliphatic hydroxyl groups excluding tert-OH is 1. The van der Waals surface area contributed by atoms with E-state index < -0.39 is 0 Å². The van der Waals surface area contributed by atoms with Crippen LogP contribution in [-0.4, -0.2) is 39.9 Å². The zero-order valence-corrected chi connectivity index (χ0v) is 15.6. The van der Waals surface area contributed by atoms with Crippen LogP contribution in [-0.2, 0) is 6.54 Å². The fraction of sp³-hybridized carbons (Fsp3) is 0.364. The van der Waals surface area contributed by atoms with E-state index >= 15 is 0 Å². The molecular formula is C22H23N3O3. The zero-order valence-electron chi connectivity index (χ0n) is 15.6. The number of aromatic amines is 1. The number of H-pyrrole nitrogens is 1. The Morgan fingerprint density at radius 3 is 2.86 bits per heavy atom. The Morgan fingerprint density at radius 1 is 1.18 bits per heavy atom. The lowest BCUT2D eigenvalue weighted by Crippen LogP contribution is -2.33. The molecule has 5 rings (SSSR count). The van der Waals surface area contributed by atoms with Crippen molar-refractivity contribution in [3.05, 3.63) is 52.3 Å². The summed E-state index contributed by atoms with van der Waals surface area (Å²) in [5, 5.41) is 17.5. The largest absolute Gasteiger partial charge is 0.456 e. The van der Waals surface area contributed by atoms with E-state index in [1.807, 2.05) is 18.2 Å². The number of ether oxygens (including phenoxy) is 1. The van der Waals surface area contributed by atoms with Crippen molar-refractivity contribution in [3.8, 4) is 22.8 Å². The predicted octanol–water partition coefficient (Wildman–Crippen LogP) is 3.29. The Hall–Kier alpha value is -2.70. The van der Waals surface area contributed by atoms with Crippen LogP contribution in [0.4, 0.5) is 0 Å². The molecule has 0 unspecified atom stereocenters. The van der Waals surface area contributed by atoms with Crippen molar-refractivity contribution in [2.45, 2.75) is 25.8 Å². The predicted molar refractivity (Wildman–Crippen MR) is 108 cm³/mol. The van der Waals surface area contributed by atoms with Crippen LogP contribution in [0.15, 0.2) is 41.2 Å². The molecular weight excluding hydrogens is 354 g/mol. The van der Waals surface area contributed by atoms with Crippen molar-refractivity contribution in [1.82, 2.24) is 15.1 Å². The first-order chi connectivity index (χ1) is 13.7. The van der Waals surface area contributed by atoms with Gasteiger partial charge in [0.05, 0.1) is 10.8 Å². The molecule has 0 bridgehead atoms. The Labute approximate surface area is 162 Å². The van der Waals surface area contributed by atoms with Crippen LogP contribution in [0.2, 0.25) is 0 Å². The average molecular weight is 377 g/mol. The Kier molecular flexibility index (Phi) is 4.37. The Balaban J connectivity index is 1.45. The van der Waals surface area contributed by atoms with Crippen molar-refractivity contribution in [3.63, 3.8) is 0 Å². The molecule has 0 saturated carbocycles. The van der Waals surface area contributed by atoms with Crippen molar-refractivity contribution in [2.24, 2.45) is 5.92 Å². The van der Waals surface area contributed by atoms with E-state index in [2.05, 4.69) is 27.2 Å². The molecule has 1 saturated heterocycles. The highest BCUT2D eigenvalue weighted by Gasteiger charge is 2.24. The fourth-order valence-corrected chi connectivity index (χ4v) is 4.41. The summed E-state index contributed by atoms with van der Waals surface area (Å²) in [6.45, 7) is 3.29. The highest BCUT2D eigenvalue weighted by Crippen LogP contribution is 2.44. The summed E-state index contributed by atoms with van der Waals surface area (Å²) in [4.78, 5) is 14.6. The average Bonchev–Trinajstić information content (AvgIpc) is 2.72. The molecule has 2 aromatic carbocycles. The monoisotopic (exact) mass is 377 g/mol. The van der Waals surface area contributed by atoms with Crippen molar-refractivity contribution < 1.29 is 9.84 Å². The summed E-state index contributed by atoms with van der Waals surface area (Å²) in [7, 11) is 0. The molecule has 3 heterocycles. The lowest BCUT2D eigenvalue weighted by Gasteiger charge is -2.32. The van der Waals surface area contributed by atoms with Gasteiger partial charge in [0.2, 0.25) is 0 Å². The lowest BCUT2D eigenvalue weighted by molar-refractivity contribution is 0.153. The zero-order chi connectivity index (χ0) is 19.1. The second-order valence-electron chi connectivity index (χ2n) is 7.74. The van der Waals surface area contributed by atoms with Gasteiger partial charge in [0, 0.05) is 18.7 Å². The maximum atomic E-state index is 12.1. The van der Waals surface area contributed by atoms with Crippen molar-refractivity contribution >= 4 is 10.8 Å². The molecule has 2 aliphatic rings. The first-order valence-corrected chi connectivity index (χ1v) is 9.88. The number of aromatic nitrogens is 2. The SMILES string of the molecule is O=c1[nH]nc2c3c(cccc13)Oc1ccc(CN3CCC(CCO)CC3)cc1-2. The summed E-state index contributed by atoms with van der Waals surface area (Å²) in [6.07, 6.45) is 3.20. The number of benzene rings is 2. The topological polar surface area (TPSA) is 78.5 Å². The van der Waals surface area contributed by atoms with Crippen LogP contribution in [0.25, 0.3) is 22.0 Å². The van der Waals surface area contributed by atoms with Gasteiger partial charge in [-0.15, -0.1) is 0 Å². The lowest BCUT2D eigenvalue weighted by atomic mass is 9.93. The maximum absolute atomic E-state index is 12.1. The molecule has 0 amide bonds. The molecule has 0 aliphatic carbocycles. The van der Waals surface area contributed by atoms with Gasteiger partial charge in [-0.1, -0.05) is 12.1 Å². The number of rotatable bonds is 4. The summed E-state index contributed by atoms with van der Waals surface area (Å²) < 4.78 is 6.06. The first-order valence-electron chi connectivity index (χ1n) is 9.88. The van der Waals surface area contributed by atoms with Gasteiger partial charge in [0.15, 0.2) is 0 Å². The molecule has 0 atom stereocenters. The minimum absolute atomic E-state index is 0.199. The van der Waals surface area contributed by atoms with Crippen molar-refractivity contribution in [2.75, 3.05) is 19.7 Å². The van der Waals surface area contributed by atoms with Gasteiger partial charge in [0.1, 0.15) is 17.2 Å². The van der Waals surface area contributed by atoms with E-state index in [9.17, 15) is 4.79 Å². The van der Waals surface area contributed by atoms with Gasteiger partial charge in [-0.25, -0.2) is 5.10 Å². The highest BCUT2D eigenvalue weighted by molar-refractivity contribution is 6.01. The Morgan fingerprint density at radius 2 is 2.04 bits per heavy atom. The molecule has 0 spiro atoms. The smallest absolute Gasteiger partial charge is 0.272 e. The standard InChI is InChI=1S/C22H23N3O3/c26-11-8-14-6-9-25(10-7-14)13-15-4-5-18-17(12-15)21-20-16(22(27)24-23-21)2-1-3-19(20)28-18/h1-5,12,14,26H,6-11,13H2,(H,24,27). The number of nitrogens with zero attached hydrogens (tertiary/aromatic N) is 2. The normalized spacial score (nSPS) is 16.8. The van der Waals surface area contributed by atoms with E-state index in [4.69, 9.17) is 9.84 Å². The number of nitrogens with one attached hydrogen (secondary N) is 1. The molecule has 28 heavy (non-hydrogen) atoms. The van der Waals surface area contributed by atoms with Gasteiger partial charge in [0.25, 0.3) is 5.56 Å². The van der Waals surface area contributed by atoms with Crippen LogP contribution in [0.3, 0.4) is 0 Å². The van der Waals surface area contributed by atoms with Crippen molar-refractivity contribution in [1.29, 1.82) is 0 Å². The summed E-state index contributed by atoms with van der Waals surface area (Å²) >= 11 is 0. The number of hydrogen-bond donors (Lipinski definition) is 2. The summed E-state index contributed by atoms with van der Waals surface area (Å²) in [5.41, 5.74) is 2.71. The third kappa shape index (κ3) is 2.99. The number of fused-ring (bicyclic) bond motifs is 2. The van der Waals surface area contributed by atoms with Gasteiger partial charge < -0.3 is 9.84 Å². The van der Waals surface area contributed by atoms with Crippen LogP contribution < -0.4 is 10.3 Å². The second-order valence-corrected chi connectivity index (χ2v) is 7.74. The first kappa shape index (κ1) is 17.4. The molecule has 2 N–H and O–H groups in total. The molecule has 1 aromatic heterocycles. The molecule has 144 valence electrons. The number of aliphatic hydroxyl groups is 1. The minimum Gasteiger partial charge on any atom is -0.456 e. The van der Waals surface area contributed by atoms with Gasteiger partial charge in [-0.3, -0.25) is 9.69 Å². The number of hydrogen-bond acceptors (Lipinski definition) is 5. The fourth-order valence-electron chi connectivity index (χ4n) is 4.41. The molecule has 2 aliphatic heterocycles. The molecule has 6 heteroatoms. The minimum atomic E-state index is -0.199. The molecule has 6 nitrogen and oxygen atoms in total. The van der Waals surface area contributed by atoms with Gasteiger partial charge >= 0.3 is 0 Å². The van der Waals surface area contributed by atoms with Crippen LogP contribution in [0.5, 0.6) is 11.5 Å². The van der Waals surface area contributed by atoms with E-state index in [0.717, 1.165) is 61.3 Å². The number of piperidine rings is 1. The quantitative estimate of drug-likeness (QED) is 0.571. The van der Waals surface area contributed by atoms with E-state index in [1.165, 1.54) is 5.56 Å². The van der Waals surface area contributed by atoms with Gasteiger partial charge in [-0.05, 0) is 68.1 Å². The second kappa shape index (κ2) is 7.04. The van der Waals surface area contributed by atoms with Crippen LogP contribution >= 0.6 is 0 Å². The van der Waals surface area contributed by atoms with Gasteiger partial charge in [-0.2, -0.15) is 5.10 Å². The Bertz CT molecular complexity index is 1080. The van der Waals surface area contributed by atoms with E-state index in [-0.39, 0.29) is 12.2 Å². The molecule has 0 radical (unpaired) electrons. The van der Waals surface area contributed by atoms with E-state index in [1.54, 1.807) is 6.07 Å². The summed E-state index contributed by atoms with van der Waals surface area (Å²) in [6, 6.07) is 11.7. The highest BCUT2D eigenvalue weighted by atomic mass is 16.5. The maximum Gasteiger partial charge on any atom is 0.272 e. The summed E-state index contributed by atoms with van der Waals surface area (Å²) in [5.74, 6) is 2.09. The molecule has 3 aromatic rings.